The van der Waals surface area contributed by atoms with Crippen molar-refractivity contribution in [3.8, 4) is 0 Å². The minimum Gasteiger partial charge on any atom is -0.369 e. The van der Waals surface area contributed by atoms with Gasteiger partial charge in [-0.15, -0.1) is 0 Å². The molecule has 1 amide bonds. The van der Waals surface area contributed by atoms with Crippen LogP contribution in [0.15, 0.2) is 18.2 Å². The van der Waals surface area contributed by atoms with Crippen molar-refractivity contribution in [3.63, 3.8) is 0 Å². The molecule has 0 saturated carbocycles. The van der Waals surface area contributed by atoms with E-state index in [1.807, 2.05) is 0 Å². The molecule has 1 aromatic carbocycles. The lowest BCUT2D eigenvalue weighted by molar-refractivity contribution is -0.387. The lowest BCUT2D eigenvalue weighted by atomic mass is 10.1. The zero-order chi connectivity index (χ0) is 10.7. The van der Waals surface area contributed by atoms with Crippen molar-refractivity contribution in [1.82, 2.24) is 0 Å². The van der Waals surface area contributed by atoms with Gasteiger partial charge in [0.1, 0.15) is 0 Å². The number of carbonyl (C=O) groups excluding carboxylic acids is 1. The summed E-state index contributed by atoms with van der Waals surface area (Å²) >= 11 is 0. The van der Waals surface area contributed by atoms with Crippen LogP contribution in [0, 0.1) is 15.9 Å². The summed E-state index contributed by atoms with van der Waals surface area (Å²) < 4.78 is 12.8. The summed E-state index contributed by atoms with van der Waals surface area (Å²) in [4.78, 5) is 20.0. The zero-order valence-corrected chi connectivity index (χ0v) is 7.07. The van der Waals surface area contributed by atoms with Gasteiger partial charge in [0.25, 0.3) is 0 Å². The zero-order valence-electron chi connectivity index (χ0n) is 7.07. The molecule has 0 aromatic heterocycles. The first kappa shape index (κ1) is 10.1. The molecule has 0 fully saturated rings. The molecule has 74 valence electrons. The second-order valence-electron chi connectivity index (χ2n) is 2.69. The first-order chi connectivity index (χ1) is 6.50. The van der Waals surface area contributed by atoms with Crippen molar-refractivity contribution in [2.24, 2.45) is 5.73 Å². The van der Waals surface area contributed by atoms with E-state index in [1.165, 1.54) is 6.07 Å². The number of nitro benzene ring substituents is 1. The standard InChI is InChI=1S/C8H7FN2O3/c9-6-2-1-5(4-8(10)12)3-7(6)11(13)14/h1-3H,4H2,(H2,10,12). The third-order valence-electron chi connectivity index (χ3n) is 1.59. The van der Waals surface area contributed by atoms with Crippen molar-refractivity contribution in [1.29, 1.82) is 0 Å². The maximum atomic E-state index is 12.8. The van der Waals surface area contributed by atoms with E-state index in [-0.39, 0.29) is 6.42 Å². The van der Waals surface area contributed by atoms with E-state index >= 15 is 0 Å². The van der Waals surface area contributed by atoms with Crippen LogP contribution in [0.4, 0.5) is 10.1 Å². The Kier molecular flexibility index (Phi) is 2.76. The number of benzene rings is 1. The summed E-state index contributed by atoms with van der Waals surface area (Å²) in [5.74, 6) is -1.55. The Morgan fingerprint density at radius 1 is 1.57 bits per heavy atom. The van der Waals surface area contributed by atoms with Crippen molar-refractivity contribution in [3.05, 3.63) is 39.7 Å². The molecule has 14 heavy (non-hydrogen) atoms. The van der Waals surface area contributed by atoms with Gasteiger partial charge < -0.3 is 5.73 Å². The predicted molar refractivity (Wildman–Crippen MR) is 46.0 cm³/mol. The van der Waals surface area contributed by atoms with Gasteiger partial charge in [0.15, 0.2) is 0 Å². The van der Waals surface area contributed by atoms with Crippen LogP contribution >= 0.6 is 0 Å². The highest BCUT2D eigenvalue weighted by Gasteiger charge is 2.14. The van der Waals surface area contributed by atoms with Gasteiger partial charge in [-0.1, -0.05) is 6.07 Å². The first-order valence-electron chi connectivity index (χ1n) is 3.72. The Labute approximate surface area is 78.5 Å². The molecule has 1 rings (SSSR count). The van der Waals surface area contributed by atoms with Crippen molar-refractivity contribution >= 4 is 11.6 Å². The fraction of sp³-hybridized carbons (Fsp3) is 0.125. The number of hydrogen-bond donors (Lipinski definition) is 1. The summed E-state index contributed by atoms with van der Waals surface area (Å²) in [6.45, 7) is 0. The predicted octanol–water partition coefficient (Wildman–Crippen LogP) is 0.762. The minimum absolute atomic E-state index is 0.138. The number of primary amides is 1. The van der Waals surface area contributed by atoms with Crippen LogP contribution in [-0.2, 0) is 11.2 Å². The molecule has 0 atom stereocenters. The maximum Gasteiger partial charge on any atom is 0.305 e. The molecule has 0 aliphatic carbocycles. The van der Waals surface area contributed by atoms with Gasteiger partial charge >= 0.3 is 5.69 Å². The van der Waals surface area contributed by atoms with Gasteiger partial charge in [0, 0.05) is 6.07 Å². The summed E-state index contributed by atoms with van der Waals surface area (Å²) in [7, 11) is 0. The molecule has 0 saturated heterocycles. The third-order valence-corrected chi connectivity index (χ3v) is 1.59. The van der Waals surface area contributed by atoms with Crippen LogP contribution in [-0.4, -0.2) is 10.8 Å². The molecular weight excluding hydrogens is 191 g/mol. The molecule has 0 radical (unpaired) electrons. The monoisotopic (exact) mass is 198 g/mol. The van der Waals surface area contributed by atoms with Crippen LogP contribution in [0.2, 0.25) is 0 Å². The van der Waals surface area contributed by atoms with E-state index in [9.17, 15) is 19.3 Å². The van der Waals surface area contributed by atoms with Crippen LogP contribution in [0.3, 0.4) is 0 Å². The number of carbonyl (C=O) groups is 1. The van der Waals surface area contributed by atoms with Gasteiger partial charge in [-0.25, -0.2) is 0 Å². The number of rotatable bonds is 3. The number of nitro groups is 1. The van der Waals surface area contributed by atoms with Crippen LogP contribution in [0.1, 0.15) is 5.56 Å². The summed E-state index contributed by atoms with van der Waals surface area (Å²) in [5.41, 5.74) is 4.56. The summed E-state index contributed by atoms with van der Waals surface area (Å²) in [6, 6.07) is 3.23. The summed E-state index contributed by atoms with van der Waals surface area (Å²) in [5, 5.41) is 10.3. The van der Waals surface area contributed by atoms with Crippen molar-refractivity contribution in [2.45, 2.75) is 6.42 Å². The Bertz CT molecular complexity index is 392. The van der Waals surface area contributed by atoms with Gasteiger partial charge in [-0.05, 0) is 11.6 Å². The molecule has 2 N–H and O–H groups in total. The van der Waals surface area contributed by atoms with Crippen LogP contribution < -0.4 is 5.73 Å². The average molecular weight is 198 g/mol. The molecular formula is C8H7FN2O3. The van der Waals surface area contributed by atoms with Gasteiger partial charge in [0.05, 0.1) is 11.3 Å². The Morgan fingerprint density at radius 2 is 2.21 bits per heavy atom. The highest BCUT2D eigenvalue weighted by atomic mass is 19.1. The number of hydrogen-bond acceptors (Lipinski definition) is 3. The number of nitrogens with two attached hydrogens (primary N) is 1. The largest absolute Gasteiger partial charge is 0.369 e. The lowest BCUT2D eigenvalue weighted by Crippen LogP contribution is -2.13. The number of nitrogens with zero attached hydrogens (tertiary/aromatic N) is 1. The quantitative estimate of drug-likeness (QED) is 0.574. The molecule has 6 heteroatoms. The second-order valence-corrected chi connectivity index (χ2v) is 2.69. The van der Waals surface area contributed by atoms with E-state index < -0.39 is 22.3 Å². The molecule has 0 aliphatic rings. The van der Waals surface area contributed by atoms with Crippen molar-refractivity contribution < 1.29 is 14.1 Å². The molecule has 5 nitrogen and oxygen atoms in total. The Morgan fingerprint density at radius 3 is 2.71 bits per heavy atom. The fourth-order valence-electron chi connectivity index (χ4n) is 1.01. The van der Waals surface area contributed by atoms with Gasteiger partial charge in [-0.2, -0.15) is 4.39 Å². The first-order valence-corrected chi connectivity index (χ1v) is 3.72. The molecule has 0 bridgehead atoms. The number of halogens is 1. The maximum absolute atomic E-state index is 12.8. The van der Waals surface area contributed by atoms with Gasteiger partial charge in [-0.3, -0.25) is 14.9 Å². The fourth-order valence-corrected chi connectivity index (χ4v) is 1.01. The smallest absolute Gasteiger partial charge is 0.305 e. The summed E-state index contributed by atoms with van der Waals surface area (Å²) in [6.07, 6.45) is -0.138. The average Bonchev–Trinajstić information content (AvgIpc) is 2.07. The van der Waals surface area contributed by atoms with E-state index in [4.69, 9.17) is 5.73 Å². The van der Waals surface area contributed by atoms with E-state index in [2.05, 4.69) is 0 Å². The van der Waals surface area contributed by atoms with E-state index in [0.29, 0.717) is 5.56 Å². The van der Waals surface area contributed by atoms with Crippen LogP contribution in [0.25, 0.3) is 0 Å². The third kappa shape index (κ3) is 2.25. The minimum atomic E-state index is -0.928. The molecule has 0 spiro atoms. The van der Waals surface area contributed by atoms with Crippen LogP contribution in [0.5, 0.6) is 0 Å². The normalized spacial score (nSPS) is 9.79. The molecule has 0 aliphatic heterocycles. The van der Waals surface area contributed by atoms with E-state index in [0.717, 1.165) is 12.1 Å². The highest BCUT2D eigenvalue weighted by Crippen LogP contribution is 2.18. The SMILES string of the molecule is NC(=O)Cc1ccc(F)c([N+](=O)[O-])c1. The molecule has 1 aromatic rings. The molecule has 0 heterocycles. The molecule has 0 unspecified atom stereocenters. The Hall–Kier alpha value is -1.98. The highest BCUT2D eigenvalue weighted by molar-refractivity contribution is 5.76. The lowest BCUT2D eigenvalue weighted by Gasteiger charge is -1.98. The number of amides is 1. The van der Waals surface area contributed by atoms with Crippen molar-refractivity contribution in [2.75, 3.05) is 0 Å². The van der Waals surface area contributed by atoms with Gasteiger partial charge in [0.2, 0.25) is 11.7 Å². The Balaban J connectivity index is 3.06. The van der Waals surface area contributed by atoms with E-state index in [1.54, 1.807) is 0 Å². The second kappa shape index (κ2) is 3.82. The topological polar surface area (TPSA) is 86.2 Å².